The fourth-order valence-electron chi connectivity index (χ4n) is 2.87. The molecule has 0 spiro atoms. The summed E-state index contributed by atoms with van der Waals surface area (Å²) in [5.74, 6) is -0.808. The molecule has 0 heterocycles. The Bertz CT molecular complexity index is 408. The van der Waals surface area contributed by atoms with E-state index in [-0.39, 0.29) is 11.8 Å². The highest BCUT2D eigenvalue weighted by Gasteiger charge is 2.27. The molecule has 6 heteroatoms. The lowest BCUT2D eigenvalue weighted by Gasteiger charge is -2.22. The first-order valence-corrected chi connectivity index (χ1v) is 10.8. The molecule has 2 atom stereocenters. The van der Waals surface area contributed by atoms with Crippen molar-refractivity contribution >= 4 is 11.9 Å². The SMILES string of the molecule is [2H]N[C@@H](CCCCN)C(=O)N[C@H](C(=O)OCCCCCCCCCC)C(C)C. The van der Waals surface area contributed by atoms with Crippen LogP contribution in [-0.2, 0) is 14.3 Å². The molecule has 0 saturated carbocycles. The third-order valence-corrected chi connectivity index (χ3v) is 4.72. The van der Waals surface area contributed by atoms with Crippen LogP contribution < -0.4 is 16.8 Å². The van der Waals surface area contributed by atoms with Gasteiger partial charge in [-0.1, -0.05) is 72.1 Å². The number of nitrogens with two attached hydrogens (primary N) is 2. The third-order valence-electron chi connectivity index (χ3n) is 4.72. The van der Waals surface area contributed by atoms with Crippen LogP contribution in [0.15, 0.2) is 0 Å². The summed E-state index contributed by atoms with van der Waals surface area (Å²) < 4.78 is 12.7. The molecule has 160 valence electrons. The van der Waals surface area contributed by atoms with Crippen LogP contribution >= 0.6 is 0 Å². The zero-order valence-electron chi connectivity index (χ0n) is 18.7. The Kier molecular flexibility index (Phi) is 15.0. The summed E-state index contributed by atoms with van der Waals surface area (Å²) in [5, 5.41) is 2.75. The number of esters is 1. The van der Waals surface area contributed by atoms with Gasteiger partial charge in [-0.2, -0.15) is 0 Å². The molecule has 0 radical (unpaired) electrons. The number of hydrogen-bond acceptors (Lipinski definition) is 5. The molecule has 0 saturated heterocycles. The number of ether oxygens (including phenoxy) is 1. The van der Waals surface area contributed by atoms with E-state index in [0.717, 1.165) is 25.7 Å². The van der Waals surface area contributed by atoms with Crippen molar-refractivity contribution in [3.8, 4) is 0 Å². The van der Waals surface area contributed by atoms with Gasteiger partial charge in [0.05, 0.1) is 12.6 Å². The first-order valence-electron chi connectivity index (χ1n) is 11.3. The monoisotopic (exact) mass is 386 g/mol. The van der Waals surface area contributed by atoms with Gasteiger partial charge < -0.3 is 21.5 Å². The number of carbonyl (C=O) groups is 2. The van der Waals surface area contributed by atoms with E-state index in [1.807, 2.05) is 13.8 Å². The van der Waals surface area contributed by atoms with Crippen LogP contribution in [0.3, 0.4) is 0 Å². The summed E-state index contributed by atoms with van der Waals surface area (Å²) in [6, 6.07) is -1.33. The molecule has 0 aliphatic heterocycles. The molecule has 0 aromatic carbocycles. The van der Waals surface area contributed by atoms with Crippen molar-refractivity contribution in [3.05, 3.63) is 0 Å². The Labute approximate surface area is 167 Å². The number of hydrogen-bond donors (Lipinski definition) is 3. The lowest BCUT2D eigenvalue weighted by molar-refractivity contribution is -0.149. The van der Waals surface area contributed by atoms with Gasteiger partial charge in [-0.25, -0.2) is 4.79 Å². The van der Waals surface area contributed by atoms with Crippen LogP contribution in [0, 0.1) is 5.92 Å². The molecule has 1 amide bonds. The van der Waals surface area contributed by atoms with Crippen molar-refractivity contribution < 1.29 is 15.7 Å². The van der Waals surface area contributed by atoms with Crippen LogP contribution in [0.4, 0.5) is 0 Å². The Hall–Kier alpha value is -1.14. The molecule has 6 nitrogen and oxygen atoms in total. The van der Waals surface area contributed by atoms with Crippen LogP contribution in [0.1, 0.15) is 91.4 Å². The molecule has 0 aliphatic carbocycles. The van der Waals surface area contributed by atoms with E-state index in [2.05, 4.69) is 18.0 Å². The number of amides is 1. The van der Waals surface area contributed by atoms with Crippen molar-refractivity contribution in [1.82, 2.24) is 5.32 Å². The van der Waals surface area contributed by atoms with Crippen molar-refractivity contribution in [2.75, 3.05) is 13.2 Å². The van der Waals surface area contributed by atoms with Gasteiger partial charge in [0.1, 0.15) is 7.45 Å². The molecule has 0 aromatic heterocycles. The van der Waals surface area contributed by atoms with E-state index in [4.69, 9.17) is 11.9 Å². The fraction of sp³-hybridized carbons (Fsp3) is 0.905. The topological polar surface area (TPSA) is 107 Å². The van der Waals surface area contributed by atoms with Crippen LogP contribution in [0.2, 0.25) is 1.41 Å². The molecular weight excluding hydrogens is 342 g/mol. The van der Waals surface area contributed by atoms with Crippen LogP contribution in [0.25, 0.3) is 0 Å². The molecule has 0 rings (SSSR count). The van der Waals surface area contributed by atoms with Crippen LogP contribution in [0.5, 0.6) is 0 Å². The number of rotatable bonds is 18. The molecule has 5 N–H and O–H groups in total. The molecule has 27 heavy (non-hydrogen) atoms. The quantitative estimate of drug-likeness (QED) is 0.247. The number of unbranched alkanes of at least 4 members (excludes halogenated alkanes) is 8. The Morgan fingerprint density at radius 3 is 2.19 bits per heavy atom. The molecule has 0 fully saturated rings. The van der Waals surface area contributed by atoms with Gasteiger partial charge in [-0.15, -0.1) is 0 Å². The number of carbonyl (C=O) groups excluding carboxylic acids is 2. The van der Waals surface area contributed by atoms with Gasteiger partial charge in [0.25, 0.3) is 0 Å². The predicted octanol–water partition coefficient (Wildman–Crippen LogP) is 3.27. The summed E-state index contributed by atoms with van der Waals surface area (Å²) in [6.45, 7) is 6.92. The Morgan fingerprint density at radius 2 is 1.63 bits per heavy atom. The van der Waals surface area contributed by atoms with E-state index in [1.54, 1.807) is 0 Å². The zero-order valence-corrected chi connectivity index (χ0v) is 17.7. The maximum absolute atomic E-state index is 12.4. The standard InChI is InChI=1S/C21H43N3O3/c1-4-5-6-7-8-9-10-13-16-27-21(26)19(17(2)3)24-20(25)18(23)14-11-12-15-22/h17-19H,4-16,22-23H2,1-3H3,(H,24,25)/t18-,19-/m0/s1/i/hD. The fourth-order valence-corrected chi connectivity index (χ4v) is 2.87. The van der Waals surface area contributed by atoms with Crippen molar-refractivity contribution in [1.29, 1.82) is 0 Å². The average Bonchev–Trinajstić information content (AvgIpc) is 2.67. The lowest BCUT2D eigenvalue weighted by atomic mass is 10.0. The minimum atomic E-state index is -0.688. The van der Waals surface area contributed by atoms with E-state index in [0.29, 0.717) is 19.6 Å². The highest BCUT2D eigenvalue weighted by molar-refractivity contribution is 5.87. The van der Waals surface area contributed by atoms with Gasteiger partial charge in [0, 0.05) is 0 Å². The largest absolute Gasteiger partial charge is 0.464 e. The maximum atomic E-state index is 12.4. The summed E-state index contributed by atoms with van der Waals surface area (Å²) in [5.41, 5.74) is 7.74. The van der Waals surface area contributed by atoms with Crippen molar-refractivity contribution in [3.63, 3.8) is 0 Å². The van der Waals surface area contributed by atoms with E-state index in [1.165, 1.54) is 38.5 Å². The number of nitrogens with one attached hydrogen (secondary N) is 1. The van der Waals surface area contributed by atoms with Crippen molar-refractivity contribution in [2.24, 2.45) is 17.4 Å². The maximum Gasteiger partial charge on any atom is 0.328 e. The third kappa shape index (κ3) is 13.6. The summed E-state index contributed by atoms with van der Waals surface area (Å²) in [7, 11) is 0. The smallest absolute Gasteiger partial charge is 0.328 e. The zero-order chi connectivity index (χ0) is 21.2. The summed E-state index contributed by atoms with van der Waals surface area (Å²) >= 11 is 0. The summed E-state index contributed by atoms with van der Waals surface area (Å²) in [6.07, 6.45) is 11.6. The lowest BCUT2D eigenvalue weighted by Crippen LogP contribution is -2.51. The Morgan fingerprint density at radius 1 is 1.00 bits per heavy atom. The second-order valence-corrected chi connectivity index (χ2v) is 7.71. The molecule has 0 bridgehead atoms. The van der Waals surface area contributed by atoms with Crippen LogP contribution in [-0.4, -0.2) is 37.1 Å². The predicted molar refractivity (Wildman–Crippen MR) is 111 cm³/mol. The minimum absolute atomic E-state index is 0.0783. The van der Waals surface area contributed by atoms with Gasteiger partial charge in [0.2, 0.25) is 5.91 Å². The highest BCUT2D eigenvalue weighted by Crippen LogP contribution is 2.10. The first-order chi connectivity index (χ1) is 13.5. The Balaban J connectivity index is 4.18. The molecular formula is C21H43N3O3. The second-order valence-electron chi connectivity index (χ2n) is 7.71. The highest BCUT2D eigenvalue weighted by atomic mass is 16.5. The van der Waals surface area contributed by atoms with Gasteiger partial charge in [-0.05, 0) is 31.7 Å². The van der Waals surface area contributed by atoms with E-state index in [9.17, 15) is 9.59 Å². The van der Waals surface area contributed by atoms with Gasteiger partial charge in [-0.3, -0.25) is 4.79 Å². The normalized spacial score (nSPS) is 13.9. The molecule has 0 unspecified atom stereocenters. The second kappa shape index (κ2) is 17.0. The molecule has 0 aromatic rings. The van der Waals surface area contributed by atoms with Crippen molar-refractivity contribution in [2.45, 2.75) is 103 Å². The average molecular weight is 387 g/mol. The van der Waals surface area contributed by atoms with E-state index < -0.39 is 18.1 Å². The van der Waals surface area contributed by atoms with E-state index >= 15 is 0 Å². The van der Waals surface area contributed by atoms with Gasteiger partial charge in [0.15, 0.2) is 0 Å². The van der Waals surface area contributed by atoms with Gasteiger partial charge >= 0.3 is 5.97 Å². The molecule has 0 aliphatic rings. The minimum Gasteiger partial charge on any atom is -0.464 e. The first kappa shape index (κ1) is 23.9. The summed E-state index contributed by atoms with van der Waals surface area (Å²) in [4.78, 5) is 24.8.